The third kappa shape index (κ3) is 4.62. The molecule has 4 rings (SSSR count). The first kappa shape index (κ1) is 23.7. The second-order valence-corrected chi connectivity index (χ2v) is 11.3. The standard InChI is InChI=1S/C27H40O5/c1-17-7-10-21(28)15-20(17)9-8-19-6-5-13-26(3)23(11-12-24(19)26)18(2)14-22-16-27(4,30)25(29)32-31-22/h8-9,18,21-24,28,30H,1,5-7,10-16H2,2-4H3/b19-8+,20-9-/t18-,21+,22+,23-,24+,26-,27-/m1/s1. The van der Waals surface area contributed by atoms with Crippen molar-refractivity contribution in [2.75, 3.05) is 0 Å². The summed E-state index contributed by atoms with van der Waals surface area (Å²) in [5.41, 5.74) is 2.74. The van der Waals surface area contributed by atoms with Gasteiger partial charge in [-0.25, -0.2) is 4.79 Å². The van der Waals surface area contributed by atoms with Crippen LogP contribution in [-0.2, 0) is 14.6 Å². The molecular formula is C27H40O5. The Morgan fingerprint density at radius 2 is 2.00 bits per heavy atom. The number of aliphatic hydroxyl groups excluding tert-OH is 1. The van der Waals surface area contributed by atoms with Crippen LogP contribution in [0.1, 0.15) is 85.0 Å². The fourth-order valence-electron chi connectivity index (χ4n) is 7.07. The van der Waals surface area contributed by atoms with E-state index in [1.165, 1.54) is 43.8 Å². The van der Waals surface area contributed by atoms with Crippen LogP contribution in [0.15, 0.2) is 35.5 Å². The van der Waals surface area contributed by atoms with E-state index in [4.69, 9.17) is 9.78 Å². The maximum Gasteiger partial charge on any atom is 0.373 e. The Morgan fingerprint density at radius 1 is 1.22 bits per heavy atom. The summed E-state index contributed by atoms with van der Waals surface area (Å²) in [5.74, 6) is 0.907. The zero-order chi connectivity index (χ0) is 23.1. The van der Waals surface area contributed by atoms with Crippen molar-refractivity contribution in [1.82, 2.24) is 0 Å². The minimum atomic E-state index is -1.46. The van der Waals surface area contributed by atoms with Gasteiger partial charge in [0.25, 0.3) is 0 Å². The predicted octanol–water partition coefficient (Wildman–Crippen LogP) is 5.18. The van der Waals surface area contributed by atoms with Crippen LogP contribution in [-0.4, -0.2) is 34.0 Å². The van der Waals surface area contributed by atoms with E-state index in [1.54, 1.807) is 5.57 Å². The molecule has 0 bridgehead atoms. The molecule has 5 heteroatoms. The van der Waals surface area contributed by atoms with Gasteiger partial charge in [-0.3, -0.25) is 4.89 Å². The zero-order valence-electron chi connectivity index (χ0n) is 19.9. The summed E-state index contributed by atoms with van der Waals surface area (Å²) in [7, 11) is 0. The van der Waals surface area contributed by atoms with Crippen LogP contribution in [0.4, 0.5) is 0 Å². The molecule has 3 saturated carbocycles. The number of allylic oxidation sites excluding steroid dienone is 4. The van der Waals surface area contributed by atoms with Crippen molar-refractivity contribution < 1.29 is 24.8 Å². The van der Waals surface area contributed by atoms with Crippen molar-refractivity contribution in [3.8, 4) is 0 Å². The molecule has 0 spiro atoms. The molecule has 0 radical (unpaired) electrons. The van der Waals surface area contributed by atoms with E-state index in [2.05, 4.69) is 32.6 Å². The first-order chi connectivity index (χ1) is 15.1. The van der Waals surface area contributed by atoms with Gasteiger partial charge in [0.05, 0.1) is 6.10 Å². The summed E-state index contributed by atoms with van der Waals surface area (Å²) in [6, 6.07) is 0. The van der Waals surface area contributed by atoms with Crippen LogP contribution in [0.3, 0.4) is 0 Å². The Bertz CT molecular complexity index is 809. The normalized spacial score (nSPS) is 43.9. The highest BCUT2D eigenvalue weighted by Crippen LogP contribution is 2.60. The van der Waals surface area contributed by atoms with Crippen LogP contribution >= 0.6 is 0 Å². The molecule has 0 aromatic carbocycles. The molecule has 3 aliphatic carbocycles. The van der Waals surface area contributed by atoms with E-state index >= 15 is 0 Å². The van der Waals surface area contributed by atoms with Crippen molar-refractivity contribution in [2.45, 2.75) is 103 Å². The van der Waals surface area contributed by atoms with Crippen molar-refractivity contribution in [3.63, 3.8) is 0 Å². The van der Waals surface area contributed by atoms with Gasteiger partial charge in [-0.15, -0.1) is 0 Å². The van der Waals surface area contributed by atoms with Crippen molar-refractivity contribution in [1.29, 1.82) is 0 Å². The highest BCUT2D eigenvalue weighted by Gasteiger charge is 2.51. The quantitative estimate of drug-likeness (QED) is 0.584. The minimum absolute atomic E-state index is 0.236. The largest absolute Gasteiger partial charge is 0.393 e. The molecule has 0 amide bonds. The van der Waals surface area contributed by atoms with Gasteiger partial charge in [-0.05, 0) is 93.5 Å². The number of aliphatic hydroxyl groups is 2. The number of hydrogen-bond acceptors (Lipinski definition) is 5. The number of carbonyl (C=O) groups excluding carboxylic acids is 1. The summed E-state index contributed by atoms with van der Waals surface area (Å²) in [4.78, 5) is 21.8. The molecule has 1 saturated heterocycles. The zero-order valence-corrected chi connectivity index (χ0v) is 19.9. The second kappa shape index (κ2) is 9.08. The summed E-state index contributed by atoms with van der Waals surface area (Å²) >= 11 is 0. The van der Waals surface area contributed by atoms with Gasteiger partial charge in [0.15, 0.2) is 5.60 Å². The molecule has 178 valence electrons. The fourth-order valence-corrected chi connectivity index (χ4v) is 7.07. The monoisotopic (exact) mass is 444 g/mol. The predicted molar refractivity (Wildman–Crippen MR) is 123 cm³/mol. The molecule has 5 nitrogen and oxygen atoms in total. The minimum Gasteiger partial charge on any atom is -0.393 e. The molecule has 32 heavy (non-hydrogen) atoms. The Hall–Kier alpha value is -1.43. The van der Waals surface area contributed by atoms with Crippen molar-refractivity contribution in [3.05, 3.63) is 35.5 Å². The molecule has 4 aliphatic rings. The average molecular weight is 445 g/mol. The maximum absolute atomic E-state index is 11.7. The van der Waals surface area contributed by atoms with E-state index < -0.39 is 11.6 Å². The first-order valence-corrected chi connectivity index (χ1v) is 12.5. The maximum atomic E-state index is 11.7. The van der Waals surface area contributed by atoms with Crippen LogP contribution in [0, 0.1) is 23.2 Å². The van der Waals surface area contributed by atoms with E-state index in [1.807, 2.05) is 0 Å². The van der Waals surface area contributed by atoms with Crippen LogP contribution < -0.4 is 0 Å². The highest BCUT2D eigenvalue weighted by molar-refractivity contribution is 5.78. The second-order valence-electron chi connectivity index (χ2n) is 11.3. The van der Waals surface area contributed by atoms with E-state index in [9.17, 15) is 15.0 Å². The number of hydrogen-bond donors (Lipinski definition) is 2. The third-order valence-electron chi connectivity index (χ3n) is 8.87. The van der Waals surface area contributed by atoms with Gasteiger partial charge in [-0.2, -0.15) is 4.89 Å². The number of carbonyl (C=O) groups is 1. The van der Waals surface area contributed by atoms with Crippen molar-refractivity contribution >= 4 is 5.97 Å². The lowest BCUT2D eigenvalue weighted by Gasteiger charge is -2.45. The van der Waals surface area contributed by atoms with Gasteiger partial charge in [0, 0.05) is 6.42 Å². The smallest absolute Gasteiger partial charge is 0.373 e. The molecule has 1 aliphatic heterocycles. The lowest BCUT2D eigenvalue weighted by atomic mass is 9.60. The number of fused-ring (bicyclic) bond motifs is 1. The van der Waals surface area contributed by atoms with Gasteiger partial charge < -0.3 is 10.2 Å². The van der Waals surface area contributed by atoms with Gasteiger partial charge >= 0.3 is 5.97 Å². The van der Waals surface area contributed by atoms with E-state index in [-0.39, 0.29) is 24.0 Å². The molecule has 7 atom stereocenters. The van der Waals surface area contributed by atoms with Gasteiger partial charge in [-0.1, -0.05) is 43.7 Å². The molecule has 4 fully saturated rings. The molecule has 0 unspecified atom stereocenters. The molecular weight excluding hydrogens is 404 g/mol. The first-order valence-electron chi connectivity index (χ1n) is 12.5. The topological polar surface area (TPSA) is 76.0 Å². The lowest BCUT2D eigenvalue weighted by molar-refractivity contribution is -0.337. The SMILES string of the molecule is C=C1CC[C@H](O)C/C1=C/C=C1\CCC[C@]2(C)[C@@H]([C@H](C)C[C@H]3C[C@@](C)(O)C(=O)OO3)CC[C@@H]12. The van der Waals surface area contributed by atoms with Crippen LogP contribution in [0.5, 0.6) is 0 Å². The molecule has 2 N–H and O–H groups in total. The van der Waals surface area contributed by atoms with Crippen LogP contribution in [0.25, 0.3) is 0 Å². The summed E-state index contributed by atoms with van der Waals surface area (Å²) in [6.07, 6.45) is 13.6. The average Bonchev–Trinajstić information content (AvgIpc) is 3.09. The Kier molecular flexibility index (Phi) is 6.73. The number of rotatable bonds is 4. The van der Waals surface area contributed by atoms with E-state index in [0.29, 0.717) is 17.8 Å². The lowest BCUT2D eigenvalue weighted by Crippen LogP contribution is -2.47. The van der Waals surface area contributed by atoms with E-state index in [0.717, 1.165) is 32.1 Å². The highest BCUT2D eigenvalue weighted by atomic mass is 17.2. The summed E-state index contributed by atoms with van der Waals surface area (Å²) < 4.78 is 0. The fraction of sp³-hybridized carbons (Fsp3) is 0.741. The summed E-state index contributed by atoms with van der Waals surface area (Å²) in [6.45, 7) is 10.5. The Morgan fingerprint density at radius 3 is 2.75 bits per heavy atom. The molecule has 0 aromatic rings. The molecule has 1 heterocycles. The van der Waals surface area contributed by atoms with Crippen molar-refractivity contribution in [2.24, 2.45) is 23.2 Å². The Labute approximate surface area is 192 Å². The van der Waals surface area contributed by atoms with Gasteiger partial charge in [0.2, 0.25) is 0 Å². The van der Waals surface area contributed by atoms with Crippen LogP contribution in [0.2, 0.25) is 0 Å². The summed E-state index contributed by atoms with van der Waals surface area (Å²) in [5, 5.41) is 20.3. The van der Waals surface area contributed by atoms with Gasteiger partial charge in [0.1, 0.15) is 6.10 Å². The Balaban J connectivity index is 1.45. The molecule has 0 aromatic heterocycles. The third-order valence-corrected chi connectivity index (χ3v) is 8.87.